The van der Waals surface area contributed by atoms with Gasteiger partial charge < -0.3 is 16.2 Å². The third-order valence-corrected chi connectivity index (χ3v) is 3.20. The Balaban J connectivity index is 2.80. The lowest BCUT2D eigenvalue weighted by Gasteiger charge is -2.19. The van der Waals surface area contributed by atoms with Crippen molar-refractivity contribution < 1.29 is 9.90 Å². The number of hydrogen-bond donors (Lipinski definition) is 3. The molecule has 0 aliphatic heterocycles. The maximum absolute atomic E-state index is 11.9. The summed E-state index contributed by atoms with van der Waals surface area (Å²) in [7, 11) is 0. The van der Waals surface area contributed by atoms with Gasteiger partial charge in [-0.15, -0.1) is 0 Å². The Labute approximate surface area is 106 Å². The standard InChI is InChI=1S/C12H17ClN2O2/c1-7(6-16)8(2)15-12(17)9-4-3-5-10(14)11(9)13/h3-5,7-8,16H,6,14H2,1-2H3,(H,15,17). The van der Waals surface area contributed by atoms with Gasteiger partial charge in [0.05, 0.1) is 16.3 Å². The molecule has 1 aromatic rings. The molecule has 1 rings (SSSR count). The molecule has 5 heteroatoms. The Morgan fingerprint density at radius 3 is 2.76 bits per heavy atom. The van der Waals surface area contributed by atoms with Crippen LogP contribution in [0.1, 0.15) is 24.2 Å². The summed E-state index contributed by atoms with van der Waals surface area (Å²) in [5.74, 6) is -0.297. The summed E-state index contributed by atoms with van der Waals surface area (Å²) in [6, 6.07) is 4.80. The van der Waals surface area contributed by atoms with Crippen molar-refractivity contribution in [3.8, 4) is 0 Å². The van der Waals surface area contributed by atoms with Gasteiger partial charge in [0, 0.05) is 12.6 Å². The molecule has 1 aromatic carbocycles. The van der Waals surface area contributed by atoms with Gasteiger partial charge in [0.2, 0.25) is 0 Å². The van der Waals surface area contributed by atoms with E-state index in [0.29, 0.717) is 11.3 Å². The number of carbonyl (C=O) groups excluding carboxylic acids is 1. The van der Waals surface area contributed by atoms with E-state index in [-0.39, 0.29) is 29.5 Å². The van der Waals surface area contributed by atoms with Crippen LogP contribution in [0, 0.1) is 5.92 Å². The number of aliphatic hydroxyl groups is 1. The van der Waals surface area contributed by atoms with Gasteiger partial charge >= 0.3 is 0 Å². The Morgan fingerprint density at radius 1 is 1.53 bits per heavy atom. The molecule has 4 nitrogen and oxygen atoms in total. The second kappa shape index (κ2) is 5.89. The summed E-state index contributed by atoms with van der Waals surface area (Å²) in [4.78, 5) is 11.9. The van der Waals surface area contributed by atoms with E-state index in [0.717, 1.165) is 0 Å². The van der Waals surface area contributed by atoms with Crippen molar-refractivity contribution in [3.05, 3.63) is 28.8 Å². The summed E-state index contributed by atoms with van der Waals surface area (Å²) in [6.07, 6.45) is 0. The fraction of sp³-hybridized carbons (Fsp3) is 0.417. The highest BCUT2D eigenvalue weighted by Crippen LogP contribution is 2.23. The van der Waals surface area contributed by atoms with E-state index in [1.54, 1.807) is 18.2 Å². The molecular formula is C12H17ClN2O2. The lowest BCUT2D eigenvalue weighted by atomic mass is 10.0. The number of nitrogens with two attached hydrogens (primary N) is 1. The third-order valence-electron chi connectivity index (χ3n) is 2.77. The molecule has 0 spiro atoms. The third kappa shape index (κ3) is 3.35. The van der Waals surface area contributed by atoms with Crippen molar-refractivity contribution in [2.75, 3.05) is 12.3 Å². The maximum Gasteiger partial charge on any atom is 0.253 e. The van der Waals surface area contributed by atoms with Crippen LogP contribution in [0.3, 0.4) is 0 Å². The van der Waals surface area contributed by atoms with Crippen LogP contribution < -0.4 is 11.1 Å². The Bertz CT molecular complexity index is 409. The summed E-state index contributed by atoms with van der Waals surface area (Å²) in [6.45, 7) is 3.71. The van der Waals surface area contributed by atoms with Gasteiger partial charge in [-0.05, 0) is 25.0 Å². The largest absolute Gasteiger partial charge is 0.398 e. The number of aliphatic hydroxyl groups excluding tert-OH is 1. The van der Waals surface area contributed by atoms with E-state index in [1.165, 1.54) is 0 Å². The molecule has 1 amide bonds. The minimum atomic E-state index is -0.282. The van der Waals surface area contributed by atoms with E-state index in [9.17, 15) is 4.79 Å². The van der Waals surface area contributed by atoms with Crippen LogP contribution in [0.4, 0.5) is 5.69 Å². The second-order valence-corrected chi connectivity index (χ2v) is 4.51. The second-order valence-electron chi connectivity index (χ2n) is 4.13. The Hall–Kier alpha value is -1.26. The summed E-state index contributed by atoms with van der Waals surface area (Å²) in [5.41, 5.74) is 6.35. The Kier molecular flexibility index (Phi) is 4.78. The molecule has 94 valence electrons. The van der Waals surface area contributed by atoms with Crippen LogP contribution in [0.15, 0.2) is 18.2 Å². The van der Waals surface area contributed by atoms with Gasteiger partial charge in [0.15, 0.2) is 0 Å². The molecule has 0 aliphatic carbocycles. The molecule has 0 saturated carbocycles. The van der Waals surface area contributed by atoms with Gasteiger partial charge in [0.1, 0.15) is 0 Å². The van der Waals surface area contributed by atoms with Gasteiger partial charge in [0.25, 0.3) is 5.91 Å². The SMILES string of the molecule is CC(CO)C(C)NC(=O)c1cccc(N)c1Cl. The fourth-order valence-electron chi connectivity index (χ4n) is 1.31. The number of halogens is 1. The number of hydrogen-bond acceptors (Lipinski definition) is 3. The zero-order valence-electron chi connectivity index (χ0n) is 9.90. The molecule has 0 heterocycles. The lowest BCUT2D eigenvalue weighted by Crippen LogP contribution is -2.38. The number of benzene rings is 1. The van der Waals surface area contributed by atoms with Crippen LogP contribution in [-0.2, 0) is 0 Å². The van der Waals surface area contributed by atoms with Gasteiger partial charge in [-0.3, -0.25) is 4.79 Å². The number of amides is 1. The van der Waals surface area contributed by atoms with Crippen molar-refractivity contribution in [1.29, 1.82) is 0 Å². The number of nitrogen functional groups attached to an aromatic ring is 1. The van der Waals surface area contributed by atoms with Crippen molar-refractivity contribution in [1.82, 2.24) is 5.32 Å². The highest BCUT2D eigenvalue weighted by atomic mass is 35.5. The number of rotatable bonds is 4. The van der Waals surface area contributed by atoms with Crippen molar-refractivity contribution >= 4 is 23.2 Å². The highest BCUT2D eigenvalue weighted by molar-refractivity contribution is 6.36. The molecule has 0 saturated heterocycles. The average molecular weight is 257 g/mol. The number of nitrogens with one attached hydrogen (secondary N) is 1. The summed E-state index contributed by atoms with van der Waals surface area (Å²) in [5, 5.41) is 12.0. The van der Waals surface area contributed by atoms with E-state index < -0.39 is 0 Å². The Morgan fingerprint density at radius 2 is 2.18 bits per heavy atom. The molecule has 17 heavy (non-hydrogen) atoms. The van der Waals surface area contributed by atoms with Crippen molar-refractivity contribution in [2.24, 2.45) is 5.92 Å². The molecule has 4 N–H and O–H groups in total. The van der Waals surface area contributed by atoms with Gasteiger partial charge in [-0.1, -0.05) is 24.6 Å². The molecule has 2 atom stereocenters. The van der Waals surface area contributed by atoms with E-state index in [1.807, 2.05) is 13.8 Å². The van der Waals surface area contributed by atoms with E-state index in [2.05, 4.69) is 5.32 Å². The van der Waals surface area contributed by atoms with E-state index >= 15 is 0 Å². The normalized spacial score (nSPS) is 14.1. The van der Waals surface area contributed by atoms with Gasteiger partial charge in [-0.2, -0.15) is 0 Å². The monoisotopic (exact) mass is 256 g/mol. The van der Waals surface area contributed by atoms with Crippen LogP contribution in [0.5, 0.6) is 0 Å². The molecule has 2 unspecified atom stereocenters. The first-order valence-corrected chi connectivity index (χ1v) is 5.80. The van der Waals surface area contributed by atoms with Crippen molar-refractivity contribution in [2.45, 2.75) is 19.9 Å². The fourth-order valence-corrected chi connectivity index (χ4v) is 1.52. The number of carbonyl (C=O) groups is 1. The van der Waals surface area contributed by atoms with Crippen LogP contribution >= 0.6 is 11.6 Å². The topological polar surface area (TPSA) is 75.3 Å². The zero-order valence-corrected chi connectivity index (χ0v) is 10.7. The molecule has 0 aliphatic rings. The molecule has 0 bridgehead atoms. The predicted molar refractivity (Wildman–Crippen MR) is 69.0 cm³/mol. The maximum atomic E-state index is 11.9. The van der Waals surface area contributed by atoms with Crippen LogP contribution in [0.2, 0.25) is 5.02 Å². The minimum absolute atomic E-state index is 0.0150. The molecule has 0 radical (unpaired) electrons. The average Bonchev–Trinajstić information content (AvgIpc) is 2.31. The summed E-state index contributed by atoms with van der Waals surface area (Å²) < 4.78 is 0. The smallest absolute Gasteiger partial charge is 0.253 e. The lowest BCUT2D eigenvalue weighted by molar-refractivity contribution is 0.0916. The first kappa shape index (κ1) is 13.8. The predicted octanol–water partition coefficient (Wildman–Crippen LogP) is 1.67. The highest BCUT2D eigenvalue weighted by Gasteiger charge is 2.17. The zero-order chi connectivity index (χ0) is 13.0. The van der Waals surface area contributed by atoms with Gasteiger partial charge in [-0.25, -0.2) is 0 Å². The first-order valence-electron chi connectivity index (χ1n) is 5.43. The molecule has 0 aromatic heterocycles. The van der Waals surface area contributed by atoms with E-state index in [4.69, 9.17) is 22.4 Å². The number of anilines is 1. The molecule has 0 fully saturated rings. The van der Waals surface area contributed by atoms with Crippen LogP contribution in [0.25, 0.3) is 0 Å². The quantitative estimate of drug-likeness (QED) is 0.718. The van der Waals surface area contributed by atoms with Crippen molar-refractivity contribution in [3.63, 3.8) is 0 Å². The minimum Gasteiger partial charge on any atom is -0.398 e. The molecular weight excluding hydrogens is 240 g/mol. The summed E-state index contributed by atoms with van der Waals surface area (Å²) >= 11 is 5.95. The van der Waals surface area contributed by atoms with Crippen LogP contribution in [-0.4, -0.2) is 23.7 Å². The first-order chi connectivity index (χ1) is 7.97.